The molecule has 1 fully saturated rings. The lowest BCUT2D eigenvalue weighted by atomic mass is 9.98. The number of amides is 1. The van der Waals surface area contributed by atoms with Gasteiger partial charge in [-0.15, -0.1) is 0 Å². The van der Waals surface area contributed by atoms with Crippen molar-refractivity contribution in [1.82, 2.24) is 10.2 Å². The summed E-state index contributed by atoms with van der Waals surface area (Å²) in [4.78, 5) is 14.6. The van der Waals surface area contributed by atoms with Crippen molar-refractivity contribution in [3.05, 3.63) is 34.9 Å². The zero-order valence-electron chi connectivity index (χ0n) is 12.8. The first-order valence-electron chi connectivity index (χ1n) is 7.92. The quantitative estimate of drug-likeness (QED) is 0.875. The Morgan fingerprint density at radius 2 is 2.33 bits per heavy atom. The molecule has 116 valence electrons. The standard InChI is InChI=1S/C17H25ClN2O/c1-2-9-20(13-15-6-4-8-19-12-15)17(21)11-14-5-3-7-16(18)10-14/h3,5,7,10,15,19H,2,4,6,8-9,11-13H2,1H3. The first kappa shape index (κ1) is 16.3. The third kappa shape index (κ3) is 5.33. The van der Waals surface area contributed by atoms with Gasteiger partial charge >= 0.3 is 0 Å². The molecular weight excluding hydrogens is 284 g/mol. The second kappa shape index (κ2) is 8.40. The molecule has 1 N–H and O–H groups in total. The van der Waals surface area contributed by atoms with Crippen molar-refractivity contribution < 1.29 is 4.79 Å². The average Bonchev–Trinajstić information content (AvgIpc) is 2.48. The minimum absolute atomic E-state index is 0.213. The first-order chi connectivity index (χ1) is 10.2. The van der Waals surface area contributed by atoms with Gasteiger partial charge in [-0.05, 0) is 56.0 Å². The number of benzene rings is 1. The maximum Gasteiger partial charge on any atom is 0.226 e. The fourth-order valence-electron chi connectivity index (χ4n) is 2.91. The Bertz CT molecular complexity index is 458. The molecule has 0 radical (unpaired) electrons. The lowest BCUT2D eigenvalue weighted by Gasteiger charge is -2.30. The van der Waals surface area contributed by atoms with E-state index in [2.05, 4.69) is 12.2 Å². The number of halogens is 1. The SMILES string of the molecule is CCCN(CC1CCCNC1)C(=O)Cc1cccc(Cl)c1. The molecule has 2 rings (SSSR count). The summed E-state index contributed by atoms with van der Waals surface area (Å²) in [5.41, 5.74) is 0.996. The van der Waals surface area contributed by atoms with Crippen LogP contribution in [0.4, 0.5) is 0 Å². The molecule has 0 bridgehead atoms. The molecule has 1 aliphatic rings. The third-order valence-corrected chi connectivity index (χ3v) is 4.20. The highest BCUT2D eigenvalue weighted by Crippen LogP contribution is 2.15. The van der Waals surface area contributed by atoms with E-state index in [9.17, 15) is 4.79 Å². The van der Waals surface area contributed by atoms with Gasteiger partial charge in [0.2, 0.25) is 5.91 Å². The summed E-state index contributed by atoms with van der Waals surface area (Å²) in [6.45, 7) is 5.99. The largest absolute Gasteiger partial charge is 0.342 e. The van der Waals surface area contributed by atoms with Gasteiger partial charge in [0.25, 0.3) is 0 Å². The van der Waals surface area contributed by atoms with Crippen molar-refractivity contribution in [1.29, 1.82) is 0 Å². The fraction of sp³-hybridized carbons (Fsp3) is 0.588. The molecule has 3 nitrogen and oxygen atoms in total. The number of piperidine rings is 1. The van der Waals surface area contributed by atoms with Crippen LogP contribution in [0.2, 0.25) is 5.02 Å². The molecule has 1 aliphatic heterocycles. The first-order valence-corrected chi connectivity index (χ1v) is 8.29. The molecular formula is C17H25ClN2O. The molecule has 0 aromatic heterocycles. The molecule has 0 spiro atoms. The summed E-state index contributed by atoms with van der Waals surface area (Å²) in [6.07, 6.45) is 3.88. The highest BCUT2D eigenvalue weighted by Gasteiger charge is 2.20. The normalized spacial score (nSPS) is 18.5. The lowest BCUT2D eigenvalue weighted by Crippen LogP contribution is -2.42. The maximum atomic E-state index is 12.5. The van der Waals surface area contributed by atoms with Crippen molar-refractivity contribution in [2.24, 2.45) is 5.92 Å². The van der Waals surface area contributed by atoms with E-state index in [1.165, 1.54) is 12.8 Å². The summed E-state index contributed by atoms with van der Waals surface area (Å²) in [5, 5.41) is 4.12. The molecule has 1 atom stereocenters. The molecule has 0 aliphatic carbocycles. The second-order valence-corrected chi connectivity index (χ2v) is 6.30. The Labute approximate surface area is 132 Å². The molecule has 4 heteroatoms. The van der Waals surface area contributed by atoms with Gasteiger partial charge < -0.3 is 10.2 Å². The number of hydrogen-bond acceptors (Lipinski definition) is 2. The van der Waals surface area contributed by atoms with E-state index >= 15 is 0 Å². The van der Waals surface area contributed by atoms with Gasteiger partial charge in [0.1, 0.15) is 0 Å². The topological polar surface area (TPSA) is 32.3 Å². The summed E-state index contributed by atoms with van der Waals surface area (Å²) >= 11 is 5.99. The zero-order valence-corrected chi connectivity index (χ0v) is 13.5. The lowest BCUT2D eigenvalue weighted by molar-refractivity contribution is -0.131. The molecule has 1 aromatic carbocycles. The number of carbonyl (C=O) groups excluding carboxylic acids is 1. The number of nitrogens with one attached hydrogen (secondary N) is 1. The predicted molar refractivity (Wildman–Crippen MR) is 87.6 cm³/mol. The summed E-state index contributed by atoms with van der Waals surface area (Å²) < 4.78 is 0. The van der Waals surface area contributed by atoms with E-state index in [1.54, 1.807) is 0 Å². The van der Waals surface area contributed by atoms with E-state index in [1.807, 2.05) is 29.2 Å². The van der Waals surface area contributed by atoms with Gasteiger partial charge in [-0.1, -0.05) is 30.7 Å². The van der Waals surface area contributed by atoms with Crippen LogP contribution in [0.25, 0.3) is 0 Å². The third-order valence-electron chi connectivity index (χ3n) is 3.97. The Kier molecular flexibility index (Phi) is 6.52. The van der Waals surface area contributed by atoms with Crippen LogP contribution >= 0.6 is 11.6 Å². The molecule has 1 aromatic rings. The highest BCUT2D eigenvalue weighted by molar-refractivity contribution is 6.30. The van der Waals surface area contributed by atoms with Gasteiger partial charge in [0.05, 0.1) is 6.42 Å². The van der Waals surface area contributed by atoms with E-state index in [-0.39, 0.29) is 5.91 Å². The Morgan fingerprint density at radius 1 is 1.48 bits per heavy atom. The monoisotopic (exact) mass is 308 g/mol. The van der Waals surface area contributed by atoms with Crippen molar-refractivity contribution in [2.45, 2.75) is 32.6 Å². The predicted octanol–water partition coefficient (Wildman–Crippen LogP) is 3.12. The maximum absolute atomic E-state index is 12.5. The van der Waals surface area contributed by atoms with Gasteiger partial charge in [0.15, 0.2) is 0 Å². The van der Waals surface area contributed by atoms with Gasteiger partial charge in [-0.25, -0.2) is 0 Å². The van der Waals surface area contributed by atoms with Crippen LogP contribution in [0.3, 0.4) is 0 Å². The summed E-state index contributed by atoms with van der Waals surface area (Å²) in [5.74, 6) is 0.804. The van der Waals surface area contributed by atoms with Crippen LogP contribution in [-0.2, 0) is 11.2 Å². The molecule has 1 unspecified atom stereocenters. The van der Waals surface area contributed by atoms with Crippen LogP contribution in [-0.4, -0.2) is 37.0 Å². The Balaban J connectivity index is 1.94. The minimum atomic E-state index is 0.213. The second-order valence-electron chi connectivity index (χ2n) is 5.86. The summed E-state index contributed by atoms with van der Waals surface area (Å²) in [6, 6.07) is 7.59. The van der Waals surface area contributed by atoms with Crippen molar-refractivity contribution in [3.63, 3.8) is 0 Å². The zero-order chi connectivity index (χ0) is 15.1. The van der Waals surface area contributed by atoms with Gasteiger partial charge in [0, 0.05) is 18.1 Å². The van der Waals surface area contributed by atoms with Crippen LogP contribution < -0.4 is 5.32 Å². The van der Waals surface area contributed by atoms with Crippen molar-refractivity contribution in [2.75, 3.05) is 26.2 Å². The number of carbonyl (C=O) groups is 1. The van der Waals surface area contributed by atoms with Gasteiger partial charge in [-0.3, -0.25) is 4.79 Å². The number of nitrogens with zero attached hydrogens (tertiary/aromatic N) is 1. The molecule has 1 heterocycles. The number of rotatable bonds is 6. The summed E-state index contributed by atoms with van der Waals surface area (Å²) in [7, 11) is 0. The van der Waals surface area contributed by atoms with E-state index in [4.69, 9.17) is 11.6 Å². The van der Waals surface area contributed by atoms with Crippen molar-refractivity contribution in [3.8, 4) is 0 Å². The Morgan fingerprint density at radius 3 is 3.00 bits per heavy atom. The van der Waals surface area contributed by atoms with E-state index < -0.39 is 0 Å². The van der Waals surface area contributed by atoms with Gasteiger partial charge in [-0.2, -0.15) is 0 Å². The van der Waals surface area contributed by atoms with E-state index in [0.29, 0.717) is 17.4 Å². The molecule has 1 saturated heterocycles. The molecule has 0 saturated carbocycles. The van der Waals surface area contributed by atoms with Crippen LogP contribution in [0, 0.1) is 5.92 Å². The number of hydrogen-bond donors (Lipinski definition) is 1. The van der Waals surface area contributed by atoms with Crippen LogP contribution in [0.5, 0.6) is 0 Å². The molecule has 1 amide bonds. The van der Waals surface area contributed by atoms with Crippen LogP contribution in [0.1, 0.15) is 31.7 Å². The smallest absolute Gasteiger partial charge is 0.226 e. The highest BCUT2D eigenvalue weighted by atomic mass is 35.5. The fourth-order valence-corrected chi connectivity index (χ4v) is 3.13. The van der Waals surface area contributed by atoms with Crippen molar-refractivity contribution >= 4 is 17.5 Å². The van der Waals surface area contributed by atoms with Crippen LogP contribution in [0.15, 0.2) is 24.3 Å². The average molecular weight is 309 g/mol. The van der Waals surface area contributed by atoms with E-state index in [0.717, 1.165) is 38.2 Å². The minimum Gasteiger partial charge on any atom is -0.342 e. The Hall–Kier alpha value is -1.06. The molecule has 21 heavy (non-hydrogen) atoms.